The molecule has 0 N–H and O–H groups in total. The van der Waals surface area contributed by atoms with E-state index in [0.29, 0.717) is 0 Å². The second-order valence-electron chi connectivity index (χ2n) is 2.24. The lowest BCUT2D eigenvalue weighted by Gasteiger charge is -2.02. The fourth-order valence-electron chi connectivity index (χ4n) is 0.784. The van der Waals surface area contributed by atoms with Gasteiger partial charge in [-0.3, -0.25) is 0 Å². The summed E-state index contributed by atoms with van der Waals surface area (Å²) >= 11 is 0. The Hall–Kier alpha value is -1.12. The largest absolute Gasteiger partial charge is 0.494 e. The molecule has 0 spiro atoms. The van der Waals surface area contributed by atoms with Gasteiger partial charge in [0.15, 0.2) is 11.6 Å². The Labute approximate surface area is 77.3 Å². The van der Waals surface area contributed by atoms with E-state index in [1.54, 1.807) is 0 Å². The first-order valence-electron chi connectivity index (χ1n) is 4.15. The molecule has 0 unspecified atom stereocenters. The van der Waals surface area contributed by atoms with Gasteiger partial charge in [0.1, 0.15) is 5.82 Å². The number of rotatable bonds is 1. The molecule has 74 valence electrons. The molecule has 0 heterocycles. The second kappa shape index (κ2) is 5.51. The Kier molecular flexibility index (Phi) is 5.04. The van der Waals surface area contributed by atoms with Gasteiger partial charge < -0.3 is 4.74 Å². The van der Waals surface area contributed by atoms with Crippen molar-refractivity contribution in [1.29, 1.82) is 0 Å². The highest BCUT2D eigenvalue weighted by atomic mass is 19.1. The minimum Gasteiger partial charge on any atom is -0.494 e. The van der Waals surface area contributed by atoms with Crippen LogP contribution in [0.25, 0.3) is 0 Å². The van der Waals surface area contributed by atoms with Crippen LogP contribution in [-0.4, -0.2) is 7.11 Å². The maximum absolute atomic E-state index is 12.7. The van der Waals surface area contributed by atoms with Crippen LogP contribution in [0.5, 0.6) is 5.75 Å². The zero-order chi connectivity index (χ0) is 10.4. The van der Waals surface area contributed by atoms with Gasteiger partial charge in [-0.1, -0.05) is 13.8 Å². The minimum absolute atomic E-state index is 0.0619. The summed E-state index contributed by atoms with van der Waals surface area (Å²) in [6.45, 7) is 5.50. The molecular weight excluding hydrogens is 174 g/mol. The van der Waals surface area contributed by atoms with Crippen molar-refractivity contribution in [2.75, 3.05) is 7.11 Å². The molecule has 1 aromatic rings. The van der Waals surface area contributed by atoms with Gasteiger partial charge in [0.25, 0.3) is 0 Å². The minimum atomic E-state index is -0.536. The van der Waals surface area contributed by atoms with Gasteiger partial charge in [0, 0.05) is 6.07 Å². The quantitative estimate of drug-likeness (QED) is 0.657. The summed E-state index contributed by atoms with van der Waals surface area (Å²) in [6, 6.07) is 2.14. The van der Waals surface area contributed by atoms with Crippen LogP contribution in [0.1, 0.15) is 19.4 Å². The summed E-state index contributed by atoms with van der Waals surface area (Å²) in [5.41, 5.74) is 0.281. The number of hydrogen-bond acceptors (Lipinski definition) is 1. The van der Waals surface area contributed by atoms with E-state index in [4.69, 9.17) is 0 Å². The Morgan fingerprint density at radius 1 is 1.08 bits per heavy atom. The van der Waals surface area contributed by atoms with Gasteiger partial charge in [-0.2, -0.15) is 0 Å². The summed E-state index contributed by atoms with van der Waals surface area (Å²) in [5.74, 6) is -1.05. The van der Waals surface area contributed by atoms with E-state index in [2.05, 4.69) is 4.74 Å². The normalized spacial score (nSPS) is 8.77. The molecule has 1 rings (SSSR count). The van der Waals surface area contributed by atoms with Gasteiger partial charge >= 0.3 is 0 Å². The van der Waals surface area contributed by atoms with Gasteiger partial charge in [-0.15, -0.1) is 0 Å². The van der Waals surface area contributed by atoms with Gasteiger partial charge in [0.2, 0.25) is 0 Å². The number of hydrogen-bond donors (Lipinski definition) is 0. The topological polar surface area (TPSA) is 9.23 Å². The van der Waals surface area contributed by atoms with Crippen LogP contribution in [0.3, 0.4) is 0 Å². The molecule has 0 saturated heterocycles. The number of aryl methyl sites for hydroxylation is 1. The predicted molar refractivity (Wildman–Crippen MR) is 49.0 cm³/mol. The maximum atomic E-state index is 12.7. The molecule has 3 heteroatoms. The van der Waals surface area contributed by atoms with Crippen LogP contribution in [0.4, 0.5) is 8.78 Å². The Balaban J connectivity index is 0.000000671. The molecule has 0 aliphatic heterocycles. The first-order valence-corrected chi connectivity index (χ1v) is 4.15. The van der Waals surface area contributed by atoms with Crippen molar-refractivity contribution in [2.45, 2.75) is 20.8 Å². The van der Waals surface area contributed by atoms with Gasteiger partial charge in [-0.05, 0) is 18.6 Å². The lowest BCUT2D eigenvalue weighted by molar-refractivity contribution is 0.382. The smallest absolute Gasteiger partial charge is 0.165 e. The van der Waals surface area contributed by atoms with Crippen LogP contribution >= 0.6 is 0 Å². The zero-order valence-corrected chi connectivity index (χ0v) is 8.32. The lowest BCUT2D eigenvalue weighted by atomic mass is 10.2. The van der Waals surface area contributed by atoms with E-state index in [0.717, 1.165) is 12.1 Å². The summed E-state index contributed by atoms with van der Waals surface area (Å²) in [6.07, 6.45) is 0. The summed E-state index contributed by atoms with van der Waals surface area (Å²) in [7, 11) is 1.30. The second-order valence-corrected chi connectivity index (χ2v) is 2.24. The fraction of sp³-hybridized carbons (Fsp3) is 0.400. The highest BCUT2D eigenvalue weighted by Gasteiger charge is 2.05. The van der Waals surface area contributed by atoms with Crippen LogP contribution in [0.15, 0.2) is 12.1 Å². The Morgan fingerprint density at radius 2 is 1.62 bits per heavy atom. The van der Waals surface area contributed by atoms with Crippen molar-refractivity contribution in [3.63, 3.8) is 0 Å². The number of methoxy groups -OCH3 is 1. The number of halogens is 2. The van der Waals surface area contributed by atoms with Gasteiger partial charge in [0.05, 0.1) is 7.11 Å². The number of benzene rings is 1. The molecular formula is C10H14F2O. The average Bonchev–Trinajstić information content (AvgIpc) is 2.15. The van der Waals surface area contributed by atoms with E-state index < -0.39 is 11.6 Å². The summed E-state index contributed by atoms with van der Waals surface area (Å²) in [5, 5.41) is 0. The van der Waals surface area contributed by atoms with Crippen LogP contribution in [0.2, 0.25) is 0 Å². The standard InChI is InChI=1S/C8H8F2O.C2H6/c1-5-3-7(10)8(11-2)4-6(5)9;1-2/h3-4H,1-2H3;1-2H3. The first kappa shape index (κ1) is 11.9. The third-order valence-electron chi connectivity index (χ3n) is 1.43. The molecule has 0 aromatic heterocycles. The molecule has 0 radical (unpaired) electrons. The number of ether oxygens (including phenoxy) is 1. The monoisotopic (exact) mass is 188 g/mol. The molecule has 0 bridgehead atoms. The van der Waals surface area contributed by atoms with E-state index in [9.17, 15) is 8.78 Å². The highest BCUT2D eigenvalue weighted by Crippen LogP contribution is 2.20. The van der Waals surface area contributed by atoms with Crippen molar-refractivity contribution in [1.82, 2.24) is 0 Å². The van der Waals surface area contributed by atoms with E-state index >= 15 is 0 Å². The van der Waals surface area contributed by atoms with Crippen molar-refractivity contribution in [3.8, 4) is 5.75 Å². The molecule has 0 saturated carbocycles. The molecule has 0 aliphatic carbocycles. The Morgan fingerprint density at radius 3 is 2.08 bits per heavy atom. The summed E-state index contributed by atoms with van der Waals surface area (Å²) in [4.78, 5) is 0. The van der Waals surface area contributed by atoms with Crippen molar-refractivity contribution in [2.24, 2.45) is 0 Å². The fourth-order valence-corrected chi connectivity index (χ4v) is 0.784. The molecule has 1 aromatic carbocycles. The maximum Gasteiger partial charge on any atom is 0.165 e. The zero-order valence-electron chi connectivity index (χ0n) is 8.32. The first-order chi connectivity index (χ1) is 6.15. The third kappa shape index (κ3) is 3.01. The van der Waals surface area contributed by atoms with E-state index in [-0.39, 0.29) is 11.3 Å². The highest BCUT2D eigenvalue weighted by molar-refractivity contribution is 5.29. The molecule has 0 aliphatic rings. The van der Waals surface area contributed by atoms with Crippen LogP contribution in [0, 0.1) is 18.6 Å². The molecule has 0 fully saturated rings. The molecule has 0 atom stereocenters. The summed E-state index contributed by atoms with van der Waals surface area (Å²) < 4.78 is 30.0. The molecule has 1 nitrogen and oxygen atoms in total. The van der Waals surface area contributed by atoms with Crippen molar-refractivity contribution >= 4 is 0 Å². The predicted octanol–water partition coefficient (Wildman–Crippen LogP) is 3.31. The lowest BCUT2D eigenvalue weighted by Crippen LogP contribution is -1.91. The average molecular weight is 188 g/mol. The van der Waals surface area contributed by atoms with E-state index in [1.165, 1.54) is 14.0 Å². The van der Waals surface area contributed by atoms with Crippen molar-refractivity contribution < 1.29 is 13.5 Å². The SMILES string of the molecule is CC.COc1cc(F)c(C)cc1F. The third-order valence-corrected chi connectivity index (χ3v) is 1.43. The molecule has 0 amide bonds. The van der Waals surface area contributed by atoms with E-state index in [1.807, 2.05) is 13.8 Å². The van der Waals surface area contributed by atoms with Crippen molar-refractivity contribution in [3.05, 3.63) is 29.3 Å². The van der Waals surface area contributed by atoms with Crippen LogP contribution < -0.4 is 4.74 Å². The van der Waals surface area contributed by atoms with Gasteiger partial charge in [-0.25, -0.2) is 8.78 Å². The van der Waals surface area contributed by atoms with Crippen LogP contribution in [-0.2, 0) is 0 Å². The molecule has 13 heavy (non-hydrogen) atoms. The Bertz CT molecular complexity index is 272.